The van der Waals surface area contributed by atoms with E-state index in [1.807, 2.05) is 0 Å². The number of hydrogen-bond donors (Lipinski definition) is 2. The second-order valence-electron chi connectivity index (χ2n) is 3.60. The van der Waals surface area contributed by atoms with E-state index in [1.54, 1.807) is 6.07 Å². The van der Waals surface area contributed by atoms with Gasteiger partial charge in [-0.1, -0.05) is 11.6 Å². The quantitative estimate of drug-likeness (QED) is 0.887. The minimum atomic E-state index is -0.651. The Labute approximate surface area is 113 Å². The maximum absolute atomic E-state index is 11.9. The number of primary amides is 1. The van der Waals surface area contributed by atoms with Crippen molar-refractivity contribution in [2.75, 3.05) is 5.32 Å². The summed E-state index contributed by atoms with van der Waals surface area (Å²) in [6, 6.07) is 4.44. The van der Waals surface area contributed by atoms with Crippen LogP contribution >= 0.6 is 11.6 Å². The zero-order valence-electron chi connectivity index (χ0n) is 9.63. The number of pyridine rings is 2. The van der Waals surface area contributed by atoms with Crippen molar-refractivity contribution in [1.29, 1.82) is 0 Å². The molecule has 19 heavy (non-hydrogen) atoms. The Morgan fingerprint density at radius 3 is 2.63 bits per heavy atom. The van der Waals surface area contributed by atoms with Gasteiger partial charge in [-0.2, -0.15) is 0 Å². The van der Waals surface area contributed by atoms with Crippen molar-refractivity contribution >= 4 is 29.1 Å². The lowest BCUT2D eigenvalue weighted by Gasteiger charge is -2.07. The summed E-state index contributed by atoms with van der Waals surface area (Å²) in [6.45, 7) is 0. The largest absolute Gasteiger partial charge is 0.366 e. The summed E-state index contributed by atoms with van der Waals surface area (Å²) >= 11 is 5.68. The summed E-state index contributed by atoms with van der Waals surface area (Å²) in [7, 11) is 0. The minimum absolute atomic E-state index is 0.170. The molecule has 0 spiro atoms. The molecule has 0 unspecified atom stereocenters. The molecule has 0 aliphatic carbocycles. The van der Waals surface area contributed by atoms with Crippen LogP contribution < -0.4 is 11.1 Å². The molecule has 2 rings (SSSR count). The average Bonchev–Trinajstić information content (AvgIpc) is 2.39. The van der Waals surface area contributed by atoms with E-state index in [0.717, 1.165) is 0 Å². The third kappa shape index (κ3) is 3.05. The zero-order valence-corrected chi connectivity index (χ0v) is 10.4. The van der Waals surface area contributed by atoms with Crippen molar-refractivity contribution in [3.05, 3.63) is 53.1 Å². The number of nitrogens with two attached hydrogens (primary N) is 1. The third-order valence-electron chi connectivity index (χ3n) is 2.29. The molecule has 0 bridgehead atoms. The first kappa shape index (κ1) is 13.0. The van der Waals surface area contributed by atoms with Gasteiger partial charge in [-0.15, -0.1) is 0 Å². The van der Waals surface area contributed by atoms with E-state index >= 15 is 0 Å². The highest BCUT2D eigenvalue weighted by Crippen LogP contribution is 2.14. The van der Waals surface area contributed by atoms with Crippen LogP contribution in [0.4, 0.5) is 5.69 Å². The SMILES string of the molecule is NC(=O)c1ccncc1NC(=O)c1ccc(Cl)cn1. The number of amides is 2. The molecule has 2 heterocycles. The molecule has 0 aliphatic heterocycles. The summed E-state index contributed by atoms with van der Waals surface area (Å²) in [4.78, 5) is 30.8. The molecule has 0 radical (unpaired) electrons. The van der Waals surface area contributed by atoms with Crippen LogP contribution in [0.2, 0.25) is 5.02 Å². The van der Waals surface area contributed by atoms with Crippen LogP contribution in [0.15, 0.2) is 36.8 Å². The summed E-state index contributed by atoms with van der Waals surface area (Å²) in [5.41, 5.74) is 5.78. The third-order valence-corrected chi connectivity index (χ3v) is 2.52. The van der Waals surface area contributed by atoms with Crippen molar-refractivity contribution in [2.45, 2.75) is 0 Å². The minimum Gasteiger partial charge on any atom is -0.366 e. The molecule has 0 atom stereocenters. The fourth-order valence-electron chi connectivity index (χ4n) is 1.41. The fraction of sp³-hybridized carbons (Fsp3) is 0. The van der Waals surface area contributed by atoms with Crippen LogP contribution in [0.1, 0.15) is 20.8 Å². The van der Waals surface area contributed by atoms with E-state index in [4.69, 9.17) is 17.3 Å². The molecular weight excluding hydrogens is 268 g/mol. The highest BCUT2D eigenvalue weighted by atomic mass is 35.5. The lowest BCUT2D eigenvalue weighted by molar-refractivity contribution is 0.100. The highest BCUT2D eigenvalue weighted by molar-refractivity contribution is 6.30. The van der Waals surface area contributed by atoms with Crippen LogP contribution in [0, 0.1) is 0 Å². The van der Waals surface area contributed by atoms with Gasteiger partial charge in [0.25, 0.3) is 11.8 Å². The normalized spacial score (nSPS) is 9.95. The van der Waals surface area contributed by atoms with Crippen LogP contribution in [-0.4, -0.2) is 21.8 Å². The number of nitrogens with one attached hydrogen (secondary N) is 1. The van der Waals surface area contributed by atoms with E-state index in [-0.39, 0.29) is 16.9 Å². The van der Waals surface area contributed by atoms with Gasteiger partial charge in [0.15, 0.2) is 0 Å². The molecule has 0 fully saturated rings. The molecule has 2 aromatic heterocycles. The second kappa shape index (κ2) is 5.45. The molecule has 0 saturated carbocycles. The fourth-order valence-corrected chi connectivity index (χ4v) is 1.52. The number of halogens is 1. The molecule has 7 heteroatoms. The topological polar surface area (TPSA) is 98.0 Å². The summed E-state index contributed by atoms with van der Waals surface area (Å²) in [6.07, 6.45) is 4.11. The first-order valence-electron chi connectivity index (χ1n) is 5.24. The van der Waals surface area contributed by atoms with Gasteiger partial charge in [0.05, 0.1) is 22.5 Å². The number of carbonyl (C=O) groups is 2. The molecule has 6 nitrogen and oxygen atoms in total. The van der Waals surface area contributed by atoms with Gasteiger partial charge >= 0.3 is 0 Å². The van der Waals surface area contributed by atoms with Gasteiger partial charge in [0, 0.05) is 12.4 Å². The molecular formula is C12H9ClN4O2. The predicted molar refractivity (Wildman–Crippen MR) is 70.0 cm³/mol. The Bertz CT molecular complexity index is 628. The molecule has 3 N–H and O–H groups in total. The highest BCUT2D eigenvalue weighted by Gasteiger charge is 2.13. The Morgan fingerprint density at radius 1 is 1.21 bits per heavy atom. The number of hydrogen-bond acceptors (Lipinski definition) is 4. The molecule has 96 valence electrons. The van der Waals surface area contributed by atoms with Gasteiger partial charge in [0.1, 0.15) is 5.69 Å². The van der Waals surface area contributed by atoms with Gasteiger partial charge in [-0.3, -0.25) is 14.6 Å². The van der Waals surface area contributed by atoms with E-state index < -0.39 is 11.8 Å². The Hall–Kier alpha value is -2.47. The molecule has 0 saturated heterocycles. The first-order valence-corrected chi connectivity index (χ1v) is 5.62. The number of nitrogens with zero attached hydrogens (tertiary/aromatic N) is 2. The maximum atomic E-state index is 11.9. The van der Waals surface area contributed by atoms with E-state index in [2.05, 4.69) is 15.3 Å². The molecule has 0 aliphatic rings. The van der Waals surface area contributed by atoms with Gasteiger partial charge < -0.3 is 11.1 Å². The lowest BCUT2D eigenvalue weighted by Crippen LogP contribution is -2.19. The lowest BCUT2D eigenvalue weighted by atomic mass is 10.2. The molecule has 0 aromatic carbocycles. The molecule has 2 amide bonds. The van der Waals surface area contributed by atoms with Crippen LogP contribution in [-0.2, 0) is 0 Å². The monoisotopic (exact) mass is 276 g/mol. The number of carbonyl (C=O) groups excluding carboxylic acids is 2. The Kier molecular flexibility index (Phi) is 3.72. The number of rotatable bonds is 3. The molecule has 2 aromatic rings. The summed E-state index contributed by atoms with van der Waals surface area (Å²) in [5, 5.41) is 2.95. The van der Waals surface area contributed by atoms with Crippen LogP contribution in [0.3, 0.4) is 0 Å². The standard InChI is InChI=1S/C12H9ClN4O2/c13-7-1-2-9(16-5-7)12(19)17-10-6-15-4-3-8(10)11(14)18/h1-6H,(H2,14,18)(H,17,19). The van der Waals surface area contributed by atoms with Crippen molar-refractivity contribution in [3.8, 4) is 0 Å². The zero-order chi connectivity index (χ0) is 13.8. The van der Waals surface area contributed by atoms with E-state index in [1.165, 1.54) is 30.7 Å². The van der Waals surface area contributed by atoms with Crippen molar-refractivity contribution < 1.29 is 9.59 Å². The maximum Gasteiger partial charge on any atom is 0.274 e. The van der Waals surface area contributed by atoms with Crippen molar-refractivity contribution in [1.82, 2.24) is 9.97 Å². The number of anilines is 1. The number of aromatic nitrogens is 2. The summed E-state index contributed by atoms with van der Waals surface area (Å²) in [5.74, 6) is -1.13. The second-order valence-corrected chi connectivity index (χ2v) is 4.04. The predicted octanol–water partition coefficient (Wildman–Crippen LogP) is 1.48. The van der Waals surface area contributed by atoms with Crippen molar-refractivity contribution in [2.24, 2.45) is 5.73 Å². The van der Waals surface area contributed by atoms with Crippen molar-refractivity contribution in [3.63, 3.8) is 0 Å². The Balaban J connectivity index is 2.24. The van der Waals surface area contributed by atoms with E-state index in [9.17, 15) is 9.59 Å². The van der Waals surface area contributed by atoms with Gasteiger partial charge in [-0.05, 0) is 18.2 Å². The average molecular weight is 277 g/mol. The van der Waals surface area contributed by atoms with Gasteiger partial charge in [-0.25, -0.2) is 4.98 Å². The van der Waals surface area contributed by atoms with Gasteiger partial charge in [0.2, 0.25) is 0 Å². The smallest absolute Gasteiger partial charge is 0.274 e. The Morgan fingerprint density at radius 2 is 2.00 bits per heavy atom. The van der Waals surface area contributed by atoms with Crippen LogP contribution in [0.25, 0.3) is 0 Å². The van der Waals surface area contributed by atoms with Crippen LogP contribution in [0.5, 0.6) is 0 Å². The summed E-state index contributed by atoms with van der Waals surface area (Å²) < 4.78 is 0. The first-order chi connectivity index (χ1) is 9.08. The van der Waals surface area contributed by atoms with E-state index in [0.29, 0.717) is 5.02 Å².